The SMILES string of the molecule is Cc1cc(N)nc(SC2CCCNC(=O)C2)n1. The second-order valence-electron chi connectivity index (χ2n) is 4.15. The Labute approximate surface area is 105 Å². The van der Waals surface area contributed by atoms with Gasteiger partial charge in [-0.05, 0) is 19.8 Å². The van der Waals surface area contributed by atoms with Gasteiger partial charge in [0.15, 0.2) is 5.16 Å². The average Bonchev–Trinajstić information content (AvgIpc) is 2.41. The van der Waals surface area contributed by atoms with E-state index in [4.69, 9.17) is 5.73 Å². The van der Waals surface area contributed by atoms with Gasteiger partial charge in [-0.3, -0.25) is 4.79 Å². The zero-order chi connectivity index (χ0) is 12.3. The fourth-order valence-corrected chi connectivity index (χ4v) is 2.98. The standard InChI is InChI=1S/C11H16N4OS/c1-7-5-9(12)15-11(14-7)17-8-3-2-4-13-10(16)6-8/h5,8H,2-4,6H2,1H3,(H,13,16)(H2,12,14,15). The minimum absolute atomic E-state index is 0.112. The molecule has 1 aromatic heterocycles. The van der Waals surface area contributed by atoms with E-state index in [9.17, 15) is 4.79 Å². The van der Waals surface area contributed by atoms with Crippen molar-refractivity contribution in [2.75, 3.05) is 12.3 Å². The van der Waals surface area contributed by atoms with Gasteiger partial charge in [0.05, 0.1) is 0 Å². The van der Waals surface area contributed by atoms with Crippen molar-refractivity contribution in [3.05, 3.63) is 11.8 Å². The molecule has 1 aliphatic heterocycles. The average molecular weight is 252 g/mol. The summed E-state index contributed by atoms with van der Waals surface area (Å²) in [5.74, 6) is 0.596. The maximum atomic E-state index is 11.4. The van der Waals surface area contributed by atoms with Gasteiger partial charge in [0.2, 0.25) is 5.91 Å². The van der Waals surface area contributed by atoms with Crippen molar-refractivity contribution in [3.8, 4) is 0 Å². The van der Waals surface area contributed by atoms with Gasteiger partial charge in [0, 0.05) is 30.0 Å². The molecule has 1 unspecified atom stereocenters. The van der Waals surface area contributed by atoms with Crippen LogP contribution in [0.1, 0.15) is 25.0 Å². The predicted octanol–water partition coefficient (Wildman–Crippen LogP) is 1.13. The van der Waals surface area contributed by atoms with E-state index in [1.165, 1.54) is 0 Å². The summed E-state index contributed by atoms with van der Waals surface area (Å²) in [6.45, 7) is 2.66. The van der Waals surface area contributed by atoms with Gasteiger partial charge in [-0.2, -0.15) is 0 Å². The molecule has 1 fully saturated rings. The minimum atomic E-state index is 0.112. The third-order valence-electron chi connectivity index (χ3n) is 2.56. The Kier molecular flexibility index (Phi) is 3.83. The van der Waals surface area contributed by atoms with Crippen LogP contribution in [0.5, 0.6) is 0 Å². The minimum Gasteiger partial charge on any atom is -0.384 e. The van der Waals surface area contributed by atoms with E-state index in [1.54, 1.807) is 17.8 Å². The number of amides is 1. The first-order chi connectivity index (χ1) is 8.13. The van der Waals surface area contributed by atoms with Crippen LogP contribution in [-0.4, -0.2) is 27.7 Å². The van der Waals surface area contributed by atoms with Crippen LogP contribution < -0.4 is 11.1 Å². The Hall–Kier alpha value is -1.30. The van der Waals surface area contributed by atoms with E-state index in [1.807, 2.05) is 6.92 Å². The monoisotopic (exact) mass is 252 g/mol. The Morgan fingerprint density at radius 3 is 3.12 bits per heavy atom. The summed E-state index contributed by atoms with van der Waals surface area (Å²) in [5.41, 5.74) is 6.54. The predicted molar refractivity (Wildman–Crippen MR) is 67.7 cm³/mol. The van der Waals surface area contributed by atoms with E-state index < -0.39 is 0 Å². The molecule has 1 aliphatic rings. The molecule has 0 bridgehead atoms. The number of aromatic nitrogens is 2. The highest BCUT2D eigenvalue weighted by atomic mass is 32.2. The number of aryl methyl sites for hydroxylation is 1. The molecule has 1 aromatic rings. The number of rotatable bonds is 2. The molecule has 5 nitrogen and oxygen atoms in total. The van der Waals surface area contributed by atoms with Crippen LogP contribution in [0, 0.1) is 6.92 Å². The molecular weight excluding hydrogens is 236 g/mol. The largest absolute Gasteiger partial charge is 0.384 e. The number of nitrogens with zero attached hydrogens (tertiary/aromatic N) is 2. The molecule has 0 aliphatic carbocycles. The zero-order valence-corrected chi connectivity index (χ0v) is 10.6. The second-order valence-corrected chi connectivity index (χ2v) is 5.42. The van der Waals surface area contributed by atoms with Crippen LogP contribution in [-0.2, 0) is 4.79 Å². The van der Waals surface area contributed by atoms with Crippen molar-refractivity contribution in [1.82, 2.24) is 15.3 Å². The van der Waals surface area contributed by atoms with Gasteiger partial charge in [-0.15, -0.1) is 0 Å². The normalized spacial score (nSPS) is 20.8. The van der Waals surface area contributed by atoms with Crippen LogP contribution in [0.15, 0.2) is 11.2 Å². The number of nitrogen functional groups attached to an aromatic ring is 1. The van der Waals surface area contributed by atoms with Gasteiger partial charge in [-0.1, -0.05) is 11.8 Å². The molecule has 0 spiro atoms. The lowest BCUT2D eigenvalue weighted by atomic mass is 10.2. The first-order valence-electron chi connectivity index (χ1n) is 5.68. The van der Waals surface area contributed by atoms with Crippen LogP contribution in [0.25, 0.3) is 0 Å². The number of hydrogen-bond donors (Lipinski definition) is 2. The highest BCUT2D eigenvalue weighted by Crippen LogP contribution is 2.27. The third kappa shape index (κ3) is 3.59. The van der Waals surface area contributed by atoms with Crippen LogP contribution in [0.2, 0.25) is 0 Å². The molecule has 1 saturated heterocycles. The third-order valence-corrected chi connectivity index (χ3v) is 3.69. The van der Waals surface area contributed by atoms with Crippen molar-refractivity contribution < 1.29 is 4.79 Å². The second kappa shape index (κ2) is 5.35. The van der Waals surface area contributed by atoms with Crippen molar-refractivity contribution in [2.45, 2.75) is 36.6 Å². The molecule has 0 radical (unpaired) electrons. The topological polar surface area (TPSA) is 80.9 Å². The van der Waals surface area contributed by atoms with Crippen molar-refractivity contribution >= 4 is 23.5 Å². The number of nitrogens with one attached hydrogen (secondary N) is 1. The lowest BCUT2D eigenvalue weighted by molar-refractivity contribution is -0.120. The highest BCUT2D eigenvalue weighted by molar-refractivity contribution is 7.99. The molecule has 6 heteroatoms. The van der Waals surface area contributed by atoms with Gasteiger partial charge in [0.1, 0.15) is 5.82 Å². The Balaban J connectivity index is 2.06. The number of nitrogens with two attached hydrogens (primary N) is 1. The molecule has 0 aromatic carbocycles. The van der Waals surface area contributed by atoms with Gasteiger partial charge < -0.3 is 11.1 Å². The van der Waals surface area contributed by atoms with Crippen LogP contribution >= 0.6 is 11.8 Å². The van der Waals surface area contributed by atoms with Gasteiger partial charge >= 0.3 is 0 Å². The molecule has 3 N–H and O–H groups in total. The summed E-state index contributed by atoms with van der Waals surface area (Å²) >= 11 is 1.55. The summed E-state index contributed by atoms with van der Waals surface area (Å²) < 4.78 is 0. The summed E-state index contributed by atoms with van der Waals surface area (Å²) in [6, 6.07) is 1.74. The summed E-state index contributed by atoms with van der Waals surface area (Å²) in [6.07, 6.45) is 2.53. The first kappa shape index (κ1) is 12.2. The number of carbonyl (C=O) groups excluding carboxylic acids is 1. The summed E-state index contributed by atoms with van der Waals surface area (Å²) in [5, 5.41) is 3.78. The number of thioether (sulfide) groups is 1. The lowest BCUT2D eigenvalue weighted by Gasteiger charge is -2.11. The molecule has 1 amide bonds. The Bertz CT molecular complexity index is 404. The van der Waals surface area contributed by atoms with E-state index in [0.29, 0.717) is 17.4 Å². The van der Waals surface area contributed by atoms with E-state index >= 15 is 0 Å². The maximum Gasteiger partial charge on any atom is 0.221 e. The number of carbonyl (C=O) groups is 1. The zero-order valence-electron chi connectivity index (χ0n) is 9.77. The van der Waals surface area contributed by atoms with Crippen molar-refractivity contribution in [2.24, 2.45) is 0 Å². The molecule has 17 heavy (non-hydrogen) atoms. The molecule has 2 heterocycles. The molecule has 0 saturated carbocycles. The quantitative estimate of drug-likeness (QED) is 0.771. The van der Waals surface area contributed by atoms with E-state index in [2.05, 4.69) is 15.3 Å². The molecule has 92 valence electrons. The van der Waals surface area contributed by atoms with Gasteiger partial charge in [0.25, 0.3) is 0 Å². The smallest absolute Gasteiger partial charge is 0.221 e. The number of hydrogen-bond acceptors (Lipinski definition) is 5. The lowest BCUT2D eigenvalue weighted by Crippen LogP contribution is -2.22. The summed E-state index contributed by atoms with van der Waals surface area (Å²) in [7, 11) is 0. The Morgan fingerprint density at radius 1 is 1.53 bits per heavy atom. The maximum absolute atomic E-state index is 11.4. The van der Waals surface area contributed by atoms with Crippen LogP contribution in [0.4, 0.5) is 5.82 Å². The summed E-state index contributed by atoms with van der Waals surface area (Å²) in [4.78, 5) is 19.9. The fourth-order valence-electron chi connectivity index (χ4n) is 1.81. The van der Waals surface area contributed by atoms with Gasteiger partial charge in [-0.25, -0.2) is 9.97 Å². The van der Waals surface area contributed by atoms with Crippen molar-refractivity contribution in [3.63, 3.8) is 0 Å². The molecule has 2 rings (SSSR count). The molecule has 1 atom stereocenters. The van der Waals surface area contributed by atoms with Crippen molar-refractivity contribution in [1.29, 1.82) is 0 Å². The highest BCUT2D eigenvalue weighted by Gasteiger charge is 2.19. The first-order valence-corrected chi connectivity index (χ1v) is 6.56. The number of anilines is 1. The fraction of sp³-hybridized carbons (Fsp3) is 0.545. The van der Waals surface area contributed by atoms with Crippen LogP contribution in [0.3, 0.4) is 0 Å². The van der Waals surface area contributed by atoms with E-state index in [-0.39, 0.29) is 11.2 Å². The van der Waals surface area contributed by atoms with E-state index in [0.717, 1.165) is 25.1 Å². The Morgan fingerprint density at radius 2 is 2.35 bits per heavy atom. The molecular formula is C11H16N4OS.